The van der Waals surface area contributed by atoms with Crippen molar-refractivity contribution in [3.05, 3.63) is 82.4 Å². The number of nitrogens with zero attached hydrogens (tertiary/aromatic N) is 13. The monoisotopic (exact) mass is 932 g/mol. The van der Waals surface area contributed by atoms with Crippen LogP contribution in [0.25, 0.3) is 11.1 Å². The lowest BCUT2D eigenvalue weighted by atomic mass is 9.77. The van der Waals surface area contributed by atoms with Crippen LogP contribution < -0.4 is 19.4 Å². The minimum absolute atomic E-state index is 0.136. The second-order valence-corrected chi connectivity index (χ2v) is 21.4. The molecule has 1 amide bonds. The summed E-state index contributed by atoms with van der Waals surface area (Å²) in [5.74, 6) is 4.42. The Labute approximate surface area is 407 Å². The Morgan fingerprint density at radius 1 is 0.928 bits per heavy atom. The number of piperidine rings is 2. The van der Waals surface area contributed by atoms with Gasteiger partial charge in [-0.2, -0.15) is 15.5 Å². The summed E-state index contributed by atoms with van der Waals surface area (Å²) >= 11 is 0. The lowest BCUT2D eigenvalue weighted by Crippen LogP contribution is -2.42. The van der Waals surface area contributed by atoms with Gasteiger partial charge < -0.3 is 29.2 Å². The molecule has 362 valence electrons. The average Bonchev–Trinajstić information content (AvgIpc) is 4.06. The maximum absolute atomic E-state index is 12.7. The van der Waals surface area contributed by atoms with Crippen LogP contribution in [0.15, 0.2) is 48.8 Å². The second kappa shape index (κ2) is 18.7. The SMILES string of the molecule is CC(=O)N1CCc2c(c(N3CCCc4cc(-c5cnn(C)c5)c(C)cc43)nn2C2CCN(CC3CCC(Oc4ccc(N5CCC6(CC5)C[C@H](C)N(c5ccc(C#N)c(C)n5)C6)nn4)CC3)CC2)C1. The molecule has 15 nitrogen and oxygen atoms in total. The van der Waals surface area contributed by atoms with E-state index in [0.717, 1.165) is 145 Å². The van der Waals surface area contributed by atoms with Gasteiger partial charge in [0.1, 0.15) is 18.0 Å². The molecule has 0 radical (unpaired) electrons. The quantitative estimate of drug-likeness (QED) is 0.141. The number of carbonyl (C=O) groups is 1. The van der Waals surface area contributed by atoms with Gasteiger partial charge in [-0.05, 0) is 150 Å². The number of amides is 1. The van der Waals surface area contributed by atoms with Gasteiger partial charge in [-0.3, -0.25) is 14.2 Å². The highest BCUT2D eigenvalue weighted by atomic mass is 16.5. The summed E-state index contributed by atoms with van der Waals surface area (Å²) in [7, 11) is 1.97. The fraction of sp³-hybridized carbons (Fsp3) is 0.574. The van der Waals surface area contributed by atoms with E-state index in [4.69, 9.17) is 14.8 Å². The molecule has 0 N–H and O–H groups in total. The number of aryl methyl sites for hydroxylation is 4. The number of aromatic nitrogens is 7. The fourth-order valence-electron chi connectivity index (χ4n) is 12.9. The number of nitriles is 1. The number of benzene rings is 1. The molecular formula is C54H69N13O2. The third-order valence-electron chi connectivity index (χ3n) is 16.9. The van der Waals surface area contributed by atoms with Crippen LogP contribution in [0.3, 0.4) is 0 Å². The van der Waals surface area contributed by atoms with E-state index in [1.165, 1.54) is 46.5 Å². The molecule has 1 atom stereocenters. The van der Waals surface area contributed by atoms with Gasteiger partial charge in [0.25, 0.3) is 0 Å². The topological polar surface area (TPSA) is 141 Å². The molecule has 69 heavy (non-hydrogen) atoms. The summed E-state index contributed by atoms with van der Waals surface area (Å²) in [6, 6.07) is 15.8. The van der Waals surface area contributed by atoms with E-state index in [-0.39, 0.29) is 17.4 Å². The first-order chi connectivity index (χ1) is 33.5. The van der Waals surface area contributed by atoms with Crippen molar-refractivity contribution >= 4 is 29.0 Å². The summed E-state index contributed by atoms with van der Waals surface area (Å²) in [4.78, 5) is 29.5. The fourth-order valence-corrected chi connectivity index (χ4v) is 12.9. The van der Waals surface area contributed by atoms with Gasteiger partial charge in [0.2, 0.25) is 11.8 Å². The molecule has 5 aliphatic heterocycles. The van der Waals surface area contributed by atoms with Crippen LogP contribution in [0.1, 0.15) is 118 Å². The maximum Gasteiger partial charge on any atom is 0.233 e. The molecule has 0 unspecified atom stereocenters. The molecule has 11 rings (SSSR count). The Bertz CT molecular complexity index is 2710. The number of ether oxygens (including phenoxy) is 1. The van der Waals surface area contributed by atoms with Crippen LogP contribution in [0.4, 0.5) is 23.1 Å². The van der Waals surface area contributed by atoms with Crippen molar-refractivity contribution in [2.75, 3.05) is 67.1 Å². The normalized spacial score (nSPS) is 23.0. The van der Waals surface area contributed by atoms with Gasteiger partial charge in [0.15, 0.2) is 11.6 Å². The molecule has 4 aromatic heterocycles. The van der Waals surface area contributed by atoms with E-state index in [9.17, 15) is 10.1 Å². The van der Waals surface area contributed by atoms with Crippen LogP contribution in [0, 0.1) is 36.5 Å². The number of hydrogen-bond donors (Lipinski definition) is 0. The van der Waals surface area contributed by atoms with Gasteiger partial charge in [-0.25, -0.2) is 4.98 Å². The first-order valence-corrected chi connectivity index (χ1v) is 25.9. The molecule has 3 saturated heterocycles. The molecule has 15 heteroatoms. The van der Waals surface area contributed by atoms with Crippen LogP contribution in [-0.2, 0) is 31.2 Å². The van der Waals surface area contributed by atoms with Gasteiger partial charge >= 0.3 is 0 Å². The molecule has 1 spiro atoms. The third-order valence-corrected chi connectivity index (χ3v) is 16.9. The summed E-state index contributed by atoms with van der Waals surface area (Å²) in [6.07, 6.45) is 17.2. The van der Waals surface area contributed by atoms with Gasteiger partial charge in [-0.1, -0.05) is 0 Å². The van der Waals surface area contributed by atoms with Crippen molar-refractivity contribution in [2.24, 2.45) is 18.4 Å². The number of hydrogen-bond acceptors (Lipinski definition) is 12. The van der Waals surface area contributed by atoms with E-state index in [2.05, 4.69) is 83.9 Å². The highest BCUT2D eigenvalue weighted by molar-refractivity contribution is 5.77. The highest BCUT2D eigenvalue weighted by Gasteiger charge is 2.45. The van der Waals surface area contributed by atoms with Crippen LogP contribution >= 0.6 is 0 Å². The van der Waals surface area contributed by atoms with Crippen LogP contribution in [0.5, 0.6) is 5.88 Å². The van der Waals surface area contributed by atoms with E-state index >= 15 is 0 Å². The molecule has 9 heterocycles. The zero-order valence-corrected chi connectivity index (χ0v) is 41.4. The van der Waals surface area contributed by atoms with Crippen molar-refractivity contribution in [1.29, 1.82) is 5.26 Å². The number of likely N-dealkylation sites (tertiary alicyclic amines) is 1. The summed E-state index contributed by atoms with van der Waals surface area (Å²) in [5, 5.41) is 28.6. The van der Waals surface area contributed by atoms with E-state index in [1.807, 2.05) is 47.9 Å². The van der Waals surface area contributed by atoms with Crippen LogP contribution in [0.2, 0.25) is 0 Å². The Morgan fingerprint density at radius 2 is 1.72 bits per heavy atom. The molecule has 0 bridgehead atoms. The number of fused-ring (bicyclic) bond motifs is 2. The summed E-state index contributed by atoms with van der Waals surface area (Å²) in [5.41, 5.74) is 10.5. The minimum atomic E-state index is 0.136. The number of pyridine rings is 1. The first kappa shape index (κ1) is 45.4. The number of anilines is 4. The molecule has 6 aliphatic rings. The van der Waals surface area contributed by atoms with Crippen molar-refractivity contribution in [1.82, 2.24) is 44.5 Å². The predicted octanol–water partition coefficient (Wildman–Crippen LogP) is 8.11. The zero-order chi connectivity index (χ0) is 47.4. The first-order valence-electron chi connectivity index (χ1n) is 25.9. The lowest BCUT2D eigenvalue weighted by molar-refractivity contribution is -0.129. The van der Waals surface area contributed by atoms with Gasteiger partial charge in [-0.15, -0.1) is 10.2 Å². The van der Waals surface area contributed by atoms with Crippen molar-refractivity contribution in [2.45, 2.75) is 129 Å². The molecule has 1 aromatic carbocycles. The summed E-state index contributed by atoms with van der Waals surface area (Å²) in [6.45, 7) is 16.7. The largest absolute Gasteiger partial charge is 0.473 e. The lowest BCUT2D eigenvalue weighted by Gasteiger charge is -2.39. The molecule has 4 fully saturated rings. The van der Waals surface area contributed by atoms with E-state index in [0.29, 0.717) is 36.0 Å². The molecule has 1 aliphatic carbocycles. The smallest absolute Gasteiger partial charge is 0.233 e. The number of carbonyl (C=O) groups excluding carboxylic acids is 1. The Kier molecular flexibility index (Phi) is 12.3. The van der Waals surface area contributed by atoms with Crippen LogP contribution in [-0.4, -0.2) is 115 Å². The standard InChI is InChI=1S/C54H69N13O2/c1-36-27-49-41(28-46(36)43-31-56-61(5)33-43)7-6-21-65(49)53-47-34-64(39(4)68)24-18-48(47)67(60-53)44-16-22-62(23-17-44)32-40-8-11-45(12-9-40)69-52-15-14-51(58-59-52)63-25-19-54(20-26-63)29-37(2)66(35-54)50-13-10-42(30-55)38(3)57-50/h10,13-15,27-28,31,33,37,40,44-45H,6-9,11-12,16-26,29,32,34-35H2,1-5H3/t37-,40?,45?/m0/s1. The van der Waals surface area contributed by atoms with Crippen molar-refractivity contribution in [3.63, 3.8) is 0 Å². The Hall–Kier alpha value is -6.01. The third kappa shape index (κ3) is 9.05. The molecule has 5 aromatic rings. The maximum atomic E-state index is 12.7. The van der Waals surface area contributed by atoms with E-state index in [1.54, 1.807) is 6.92 Å². The summed E-state index contributed by atoms with van der Waals surface area (Å²) < 4.78 is 10.7. The minimum Gasteiger partial charge on any atom is -0.473 e. The predicted molar refractivity (Wildman–Crippen MR) is 268 cm³/mol. The Balaban J connectivity index is 0.666. The molecular weight excluding hydrogens is 863 g/mol. The second-order valence-electron chi connectivity index (χ2n) is 21.4. The van der Waals surface area contributed by atoms with Gasteiger partial charge in [0.05, 0.1) is 30.0 Å². The Morgan fingerprint density at radius 3 is 2.43 bits per heavy atom. The highest BCUT2D eigenvalue weighted by Crippen LogP contribution is 2.46. The number of rotatable bonds is 9. The van der Waals surface area contributed by atoms with Gasteiger partial charge in [0, 0.05) is 114 Å². The van der Waals surface area contributed by atoms with Crippen molar-refractivity contribution < 1.29 is 9.53 Å². The molecule has 1 saturated carbocycles. The zero-order valence-electron chi connectivity index (χ0n) is 41.4. The van der Waals surface area contributed by atoms with Crippen molar-refractivity contribution in [3.8, 4) is 23.1 Å². The average molecular weight is 932 g/mol. The van der Waals surface area contributed by atoms with E-state index < -0.39 is 0 Å².